The van der Waals surface area contributed by atoms with Crippen LogP contribution >= 0.6 is 11.3 Å². The second-order valence-corrected chi connectivity index (χ2v) is 8.67. The Kier molecular flexibility index (Phi) is 5.56. The van der Waals surface area contributed by atoms with Crippen LogP contribution in [0.15, 0.2) is 40.6 Å². The van der Waals surface area contributed by atoms with Crippen molar-refractivity contribution in [1.82, 2.24) is 10.0 Å². The monoisotopic (exact) mass is 352 g/mol. The van der Waals surface area contributed by atoms with Gasteiger partial charge in [-0.3, -0.25) is 4.79 Å². The van der Waals surface area contributed by atoms with E-state index < -0.39 is 10.0 Å². The maximum absolute atomic E-state index is 12.1. The summed E-state index contributed by atoms with van der Waals surface area (Å²) in [5.74, 6) is 0.248. The Labute approximate surface area is 140 Å². The number of thiophene rings is 1. The highest BCUT2D eigenvalue weighted by Gasteiger charge is 2.14. The molecular weight excluding hydrogens is 332 g/mol. The molecule has 2 N–H and O–H groups in total. The molecule has 1 aromatic carbocycles. The lowest BCUT2D eigenvalue weighted by Crippen LogP contribution is -2.22. The van der Waals surface area contributed by atoms with Gasteiger partial charge in [0.2, 0.25) is 10.0 Å². The number of hydrogen-bond donors (Lipinski definition) is 2. The smallest absolute Gasteiger partial charge is 0.251 e. The first kappa shape index (κ1) is 17.7. The van der Waals surface area contributed by atoms with Crippen molar-refractivity contribution in [1.29, 1.82) is 0 Å². The predicted octanol–water partition coefficient (Wildman–Crippen LogP) is 2.71. The highest BCUT2D eigenvalue weighted by Crippen LogP contribution is 2.21. The van der Waals surface area contributed by atoms with E-state index >= 15 is 0 Å². The van der Waals surface area contributed by atoms with E-state index in [1.54, 1.807) is 18.2 Å². The van der Waals surface area contributed by atoms with Crippen LogP contribution in [0.25, 0.3) is 0 Å². The SMILES string of the molecule is CNS(=O)(=O)c1ccc(CNC(=O)c2ccc(C(C)C)cc2)s1. The molecule has 124 valence electrons. The molecule has 23 heavy (non-hydrogen) atoms. The summed E-state index contributed by atoms with van der Waals surface area (Å²) in [6, 6.07) is 10.7. The summed E-state index contributed by atoms with van der Waals surface area (Å²) in [4.78, 5) is 12.9. The largest absolute Gasteiger partial charge is 0.347 e. The molecule has 0 atom stereocenters. The normalized spacial score (nSPS) is 11.7. The Morgan fingerprint density at radius 3 is 2.35 bits per heavy atom. The van der Waals surface area contributed by atoms with Crippen molar-refractivity contribution < 1.29 is 13.2 Å². The van der Waals surface area contributed by atoms with Gasteiger partial charge in [0.05, 0.1) is 6.54 Å². The standard InChI is InChI=1S/C16H20N2O3S2/c1-11(2)12-4-6-13(7-5-12)16(19)18-10-14-8-9-15(22-14)23(20,21)17-3/h4-9,11,17H,10H2,1-3H3,(H,18,19). The van der Waals surface area contributed by atoms with Gasteiger partial charge >= 0.3 is 0 Å². The van der Waals surface area contributed by atoms with E-state index in [9.17, 15) is 13.2 Å². The van der Waals surface area contributed by atoms with Crippen molar-refractivity contribution in [2.24, 2.45) is 0 Å². The third-order valence-electron chi connectivity index (χ3n) is 3.43. The van der Waals surface area contributed by atoms with E-state index in [2.05, 4.69) is 23.9 Å². The number of benzene rings is 1. The molecule has 0 bridgehead atoms. The van der Waals surface area contributed by atoms with Crippen molar-refractivity contribution >= 4 is 27.3 Å². The molecule has 1 heterocycles. The van der Waals surface area contributed by atoms with Gasteiger partial charge in [0.15, 0.2) is 0 Å². The van der Waals surface area contributed by atoms with Crippen LogP contribution in [0.4, 0.5) is 0 Å². The molecule has 0 aliphatic carbocycles. The van der Waals surface area contributed by atoms with Crippen molar-refractivity contribution in [3.8, 4) is 0 Å². The number of carbonyl (C=O) groups is 1. The first-order chi connectivity index (χ1) is 10.8. The molecule has 0 aliphatic heterocycles. The Morgan fingerprint density at radius 1 is 1.13 bits per heavy atom. The van der Waals surface area contributed by atoms with Crippen LogP contribution in [-0.4, -0.2) is 21.4 Å². The lowest BCUT2D eigenvalue weighted by atomic mass is 10.0. The van der Waals surface area contributed by atoms with Gasteiger partial charge in [0.25, 0.3) is 5.91 Å². The molecule has 0 saturated heterocycles. The van der Waals surface area contributed by atoms with Crippen LogP contribution in [0, 0.1) is 0 Å². The zero-order valence-corrected chi connectivity index (χ0v) is 14.9. The van der Waals surface area contributed by atoms with Crippen LogP contribution in [0.2, 0.25) is 0 Å². The van der Waals surface area contributed by atoms with Gasteiger partial charge in [-0.2, -0.15) is 0 Å². The summed E-state index contributed by atoms with van der Waals surface area (Å²) in [6.07, 6.45) is 0. The minimum absolute atomic E-state index is 0.174. The van der Waals surface area contributed by atoms with Gasteiger partial charge < -0.3 is 5.32 Å². The van der Waals surface area contributed by atoms with E-state index in [4.69, 9.17) is 0 Å². The molecule has 0 spiro atoms. The maximum Gasteiger partial charge on any atom is 0.251 e. The number of nitrogens with one attached hydrogen (secondary N) is 2. The third-order valence-corrected chi connectivity index (χ3v) is 6.42. The van der Waals surface area contributed by atoms with Crippen molar-refractivity contribution in [2.45, 2.75) is 30.5 Å². The minimum atomic E-state index is -3.43. The van der Waals surface area contributed by atoms with Gasteiger partial charge in [-0.05, 0) is 42.8 Å². The second-order valence-electron chi connectivity index (χ2n) is 5.39. The third kappa shape index (κ3) is 4.40. The lowest BCUT2D eigenvalue weighted by Gasteiger charge is -2.07. The number of hydrogen-bond acceptors (Lipinski definition) is 4. The first-order valence-corrected chi connectivity index (χ1v) is 9.54. The first-order valence-electron chi connectivity index (χ1n) is 7.24. The van der Waals surface area contributed by atoms with Crippen molar-refractivity contribution in [3.05, 3.63) is 52.4 Å². The average Bonchev–Trinajstić information content (AvgIpc) is 3.02. The van der Waals surface area contributed by atoms with Crippen LogP contribution in [-0.2, 0) is 16.6 Å². The summed E-state index contributed by atoms with van der Waals surface area (Å²) in [6.45, 7) is 4.50. The highest BCUT2D eigenvalue weighted by molar-refractivity contribution is 7.91. The number of amides is 1. The van der Waals surface area contributed by atoms with Gasteiger partial charge in [0.1, 0.15) is 4.21 Å². The lowest BCUT2D eigenvalue weighted by molar-refractivity contribution is 0.0951. The number of carbonyl (C=O) groups excluding carboxylic acids is 1. The van der Waals surface area contributed by atoms with Crippen LogP contribution in [0.3, 0.4) is 0 Å². The fourth-order valence-electron chi connectivity index (χ4n) is 1.99. The summed E-state index contributed by atoms with van der Waals surface area (Å²) < 4.78 is 25.9. The van der Waals surface area contributed by atoms with E-state index in [0.29, 0.717) is 18.0 Å². The fraction of sp³-hybridized carbons (Fsp3) is 0.312. The summed E-state index contributed by atoms with van der Waals surface area (Å²) >= 11 is 1.14. The molecule has 0 unspecified atom stereocenters. The van der Waals surface area contributed by atoms with Crippen molar-refractivity contribution in [2.75, 3.05) is 7.05 Å². The van der Waals surface area contributed by atoms with E-state index in [0.717, 1.165) is 16.2 Å². The molecule has 0 saturated carbocycles. The van der Waals surface area contributed by atoms with Crippen LogP contribution in [0.5, 0.6) is 0 Å². The summed E-state index contributed by atoms with van der Waals surface area (Å²) in [5.41, 5.74) is 1.77. The zero-order valence-electron chi connectivity index (χ0n) is 13.3. The molecule has 0 aliphatic rings. The van der Waals surface area contributed by atoms with Crippen molar-refractivity contribution in [3.63, 3.8) is 0 Å². The van der Waals surface area contributed by atoms with Gasteiger partial charge in [-0.25, -0.2) is 13.1 Å². The van der Waals surface area contributed by atoms with Gasteiger partial charge in [0, 0.05) is 10.4 Å². The van der Waals surface area contributed by atoms with Gasteiger partial charge in [-0.1, -0.05) is 26.0 Å². The molecule has 5 nitrogen and oxygen atoms in total. The number of rotatable bonds is 6. The average molecular weight is 352 g/mol. The maximum atomic E-state index is 12.1. The quantitative estimate of drug-likeness (QED) is 0.839. The number of sulfonamides is 1. The van der Waals surface area contributed by atoms with E-state index in [1.807, 2.05) is 12.1 Å². The highest BCUT2D eigenvalue weighted by atomic mass is 32.2. The molecule has 1 aromatic heterocycles. The molecule has 1 amide bonds. The molecule has 2 aromatic rings. The fourth-order valence-corrected chi connectivity index (χ4v) is 4.12. The Bertz CT molecular complexity index is 778. The predicted molar refractivity (Wildman–Crippen MR) is 92.3 cm³/mol. The zero-order chi connectivity index (χ0) is 17.0. The molecular formula is C16H20N2O3S2. The molecule has 0 fully saturated rings. The molecule has 0 radical (unpaired) electrons. The second kappa shape index (κ2) is 7.25. The van der Waals surface area contributed by atoms with Crippen LogP contribution in [0.1, 0.15) is 40.6 Å². The van der Waals surface area contributed by atoms with E-state index in [-0.39, 0.29) is 10.1 Å². The Balaban J connectivity index is 1.99. The van der Waals surface area contributed by atoms with Gasteiger partial charge in [-0.15, -0.1) is 11.3 Å². The topological polar surface area (TPSA) is 75.3 Å². The summed E-state index contributed by atoms with van der Waals surface area (Å²) in [7, 11) is -2.05. The van der Waals surface area contributed by atoms with E-state index in [1.165, 1.54) is 18.7 Å². The molecule has 2 rings (SSSR count). The summed E-state index contributed by atoms with van der Waals surface area (Å²) in [5, 5.41) is 2.80. The minimum Gasteiger partial charge on any atom is -0.347 e. The molecule has 7 heteroatoms. The Hall–Kier alpha value is -1.70. The van der Waals surface area contributed by atoms with Crippen LogP contribution < -0.4 is 10.0 Å². The Morgan fingerprint density at radius 2 is 1.78 bits per heavy atom.